The molecular weight excluding hydrogens is 282 g/mol. The van der Waals surface area contributed by atoms with Crippen molar-refractivity contribution in [2.24, 2.45) is 0 Å². The van der Waals surface area contributed by atoms with Crippen LogP contribution in [-0.4, -0.2) is 41.2 Å². The van der Waals surface area contributed by atoms with Crippen LogP contribution in [0.2, 0.25) is 0 Å². The predicted molar refractivity (Wildman–Crippen MR) is 83.7 cm³/mol. The van der Waals surface area contributed by atoms with Gasteiger partial charge in [0.2, 0.25) is 0 Å². The third kappa shape index (κ3) is 4.71. The average molecular weight is 307 g/mol. The molecule has 0 spiro atoms. The quantitative estimate of drug-likeness (QED) is 0.819. The van der Waals surface area contributed by atoms with E-state index in [4.69, 9.17) is 9.47 Å². The summed E-state index contributed by atoms with van der Waals surface area (Å²) in [6, 6.07) is 9.26. The van der Waals surface area contributed by atoms with E-state index in [2.05, 4.69) is 5.32 Å². The Balaban J connectivity index is 2.06. The van der Waals surface area contributed by atoms with Crippen LogP contribution >= 0.6 is 0 Å². The lowest BCUT2D eigenvalue weighted by Gasteiger charge is -2.28. The number of epoxide rings is 1. The number of rotatable bonds is 5. The second-order valence-electron chi connectivity index (χ2n) is 6.99. The average Bonchev–Trinajstić information content (AvgIpc) is 3.15. The molecule has 1 aromatic carbocycles. The van der Waals surface area contributed by atoms with Crippen molar-refractivity contribution in [3.63, 3.8) is 0 Å². The molecule has 1 aromatic rings. The molecule has 2 N–H and O–H groups in total. The molecule has 122 valence electrons. The minimum Gasteiger partial charge on any atom is -0.444 e. The molecule has 1 heterocycles. The molecule has 5 nitrogen and oxygen atoms in total. The lowest BCUT2D eigenvalue weighted by Crippen LogP contribution is -2.51. The molecule has 0 aromatic heterocycles. The summed E-state index contributed by atoms with van der Waals surface area (Å²) >= 11 is 0. The van der Waals surface area contributed by atoms with E-state index in [1.807, 2.05) is 37.3 Å². The van der Waals surface area contributed by atoms with E-state index in [9.17, 15) is 9.90 Å². The van der Waals surface area contributed by atoms with E-state index in [1.54, 1.807) is 20.8 Å². The van der Waals surface area contributed by atoms with E-state index >= 15 is 0 Å². The third-order valence-corrected chi connectivity index (χ3v) is 3.61. The maximum Gasteiger partial charge on any atom is 0.407 e. The van der Waals surface area contributed by atoms with Crippen molar-refractivity contribution >= 4 is 6.09 Å². The van der Waals surface area contributed by atoms with Crippen molar-refractivity contribution in [2.45, 2.75) is 57.5 Å². The maximum absolute atomic E-state index is 12.0. The lowest BCUT2D eigenvalue weighted by molar-refractivity contribution is 0.0268. The number of aliphatic hydroxyl groups excluding tert-OH is 1. The Kier molecular flexibility index (Phi) is 4.78. The molecule has 1 amide bonds. The molecule has 0 bridgehead atoms. The molecule has 0 saturated carbocycles. The molecule has 0 aliphatic carbocycles. The van der Waals surface area contributed by atoms with Gasteiger partial charge in [0.1, 0.15) is 17.3 Å². The normalized spacial score (nSPS) is 23.5. The fourth-order valence-electron chi connectivity index (χ4n) is 2.28. The van der Waals surface area contributed by atoms with Crippen LogP contribution < -0.4 is 5.32 Å². The number of hydrogen-bond donors (Lipinski definition) is 2. The van der Waals surface area contributed by atoms with Crippen LogP contribution in [0.5, 0.6) is 0 Å². The van der Waals surface area contributed by atoms with E-state index < -0.39 is 29.4 Å². The van der Waals surface area contributed by atoms with Crippen LogP contribution in [0.15, 0.2) is 30.3 Å². The second-order valence-corrected chi connectivity index (χ2v) is 6.99. The van der Waals surface area contributed by atoms with Crippen LogP contribution in [0.3, 0.4) is 0 Å². The Hall–Kier alpha value is -1.59. The van der Waals surface area contributed by atoms with Crippen molar-refractivity contribution in [3.05, 3.63) is 35.9 Å². The molecule has 2 rings (SSSR count). The zero-order valence-electron chi connectivity index (χ0n) is 13.6. The number of benzene rings is 1. The van der Waals surface area contributed by atoms with Gasteiger partial charge in [-0.1, -0.05) is 30.3 Å². The number of ether oxygens (including phenoxy) is 2. The fraction of sp³-hybridized carbons (Fsp3) is 0.588. The monoisotopic (exact) mass is 307 g/mol. The Labute approximate surface area is 131 Å². The molecule has 1 saturated heterocycles. The molecule has 0 radical (unpaired) electrons. The summed E-state index contributed by atoms with van der Waals surface area (Å²) in [6.45, 7) is 7.75. The fourth-order valence-corrected chi connectivity index (χ4v) is 2.28. The van der Waals surface area contributed by atoms with Crippen LogP contribution in [-0.2, 0) is 15.9 Å². The zero-order valence-corrected chi connectivity index (χ0v) is 13.6. The van der Waals surface area contributed by atoms with Gasteiger partial charge in [-0.15, -0.1) is 0 Å². The van der Waals surface area contributed by atoms with Gasteiger partial charge in [0, 0.05) is 0 Å². The van der Waals surface area contributed by atoms with Gasteiger partial charge in [-0.05, 0) is 39.7 Å². The summed E-state index contributed by atoms with van der Waals surface area (Å²) in [7, 11) is 0. The van der Waals surface area contributed by atoms with Gasteiger partial charge >= 0.3 is 6.09 Å². The molecule has 5 heteroatoms. The van der Waals surface area contributed by atoms with E-state index in [0.717, 1.165) is 5.56 Å². The summed E-state index contributed by atoms with van der Waals surface area (Å²) in [5.74, 6) is 0. The van der Waals surface area contributed by atoms with Crippen molar-refractivity contribution in [1.82, 2.24) is 5.32 Å². The van der Waals surface area contributed by atoms with Crippen LogP contribution in [0.25, 0.3) is 0 Å². The first-order valence-electron chi connectivity index (χ1n) is 7.55. The smallest absolute Gasteiger partial charge is 0.407 e. The molecular formula is C17H25NO4. The number of aliphatic hydroxyl groups is 1. The summed E-state index contributed by atoms with van der Waals surface area (Å²) in [5, 5.41) is 13.3. The lowest BCUT2D eigenvalue weighted by atomic mass is 9.93. The van der Waals surface area contributed by atoms with E-state index in [1.165, 1.54) is 0 Å². The summed E-state index contributed by atoms with van der Waals surface area (Å²) in [6.07, 6.45) is -0.808. The highest BCUT2D eigenvalue weighted by atomic mass is 16.6. The van der Waals surface area contributed by atoms with Crippen LogP contribution in [0.4, 0.5) is 4.79 Å². The number of carbonyl (C=O) groups is 1. The Morgan fingerprint density at radius 1 is 1.41 bits per heavy atom. The van der Waals surface area contributed by atoms with Crippen molar-refractivity contribution in [3.8, 4) is 0 Å². The van der Waals surface area contributed by atoms with Gasteiger partial charge < -0.3 is 19.9 Å². The summed E-state index contributed by atoms with van der Waals surface area (Å²) in [5.41, 5.74) is -0.132. The highest BCUT2D eigenvalue weighted by Gasteiger charge is 2.50. The topological polar surface area (TPSA) is 71.1 Å². The van der Waals surface area contributed by atoms with E-state index in [0.29, 0.717) is 13.0 Å². The molecule has 1 unspecified atom stereocenters. The first-order valence-corrected chi connectivity index (χ1v) is 7.55. The van der Waals surface area contributed by atoms with Gasteiger partial charge in [0.25, 0.3) is 0 Å². The van der Waals surface area contributed by atoms with Crippen LogP contribution in [0, 0.1) is 0 Å². The van der Waals surface area contributed by atoms with Crippen LogP contribution in [0.1, 0.15) is 33.3 Å². The first kappa shape index (κ1) is 16.8. The highest BCUT2D eigenvalue weighted by Crippen LogP contribution is 2.32. The first-order chi connectivity index (χ1) is 10.2. The molecule has 3 atom stereocenters. The van der Waals surface area contributed by atoms with Gasteiger partial charge in [-0.25, -0.2) is 4.79 Å². The zero-order chi connectivity index (χ0) is 16.4. The molecule has 1 aliphatic rings. The molecule has 1 fully saturated rings. The predicted octanol–water partition coefficient (Wildman–Crippen LogP) is 2.27. The Morgan fingerprint density at radius 3 is 2.50 bits per heavy atom. The minimum atomic E-state index is -0.791. The van der Waals surface area contributed by atoms with Gasteiger partial charge in [0.05, 0.1) is 12.6 Å². The summed E-state index contributed by atoms with van der Waals surface area (Å²) in [4.78, 5) is 12.0. The van der Waals surface area contributed by atoms with Crippen molar-refractivity contribution in [2.75, 3.05) is 6.61 Å². The molecule has 1 aliphatic heterocycles. The highest BCUT2D eigenvalue weighted by molar-refractivity contribution is 5.68. The number of amides is 1. The summed E-state index contributed by atoms with van der Waals surface area (Å²) < 4.78 is 10.6. The largest absolute Gasteiger partial charge is 0.444 e. The molecule has 22 heavy (non-hydrogen) atoms. The minimum absolute atomic E-state index is 0.468. The van der Waals surface area contributed by atoms with E-state index in [-0.39, 0.29) is 0 Å². The van der Waals surface area contributed by atoms with Crippen molar-refractivity contribution in [1.29, 1.82) is 0 Å². The number of nitrogens with one attached hydrogen (secondary N) is 1. The standard InChI is InChI=1S/C17H25NO4/c1-16(2,3)22-15(20)18-13(14(19)17(4)11-21-17)10-12-8-6-5-7-9-12/h5-9,13-14,19H,10-11H2,1-4H3,(H,18,20)/t13?,14-,17-/m0/s1. The SMILES string of the molecule is CC(C)(C)OC(=O)NC(Cc1ccccc1)[C@H](O)[C@]1(C)CO1. The van der Waals surface area contributed by atoms with Gasteiger partial charge in [-0.2, -0.15) is 0 Å². The van der Waals surface area contributed by atoms with Crippen molar-refractivity contribution < 1.29 is 19.4 Å². The Morgan fingerprint density at radius 2 is 2.00 bits per heavy atom. The third-order valence-electron chi connectivity index (χ3n) is 3.61. The number of alkyl carbamates (subject to hydrolysis) is 1. The van der Waals surface area contributed by atoms with Gasteiger partial charge in [0.15, 0.2) is 0 Å². The number of hydrogen-bond acceptors (Lipinski definition) is 4. The second kappa shape index (κ2) is 6.26. The maximum atomic E-state index is 12.0. The Bertz CT molecular complexity index is 505. The van der Waals surface area contributed by atoms with Gasteiger partial charge in [-0.3, -0.25) is 0 Å². The number of carbonyl (C=O) groups excluding carboxylic acids is 1.